The molecule has 0 spiro atoms. The van der Waals surface area contributed by atoms with Gasteiger partial charge in [0.1, 0.15) is 0 Å². The molecule has 2 aromatic carbocycles. The second-order valence-electron chi connectivity index (χ2n) is 7.18. The monoisotopic (exact) mass is 523 g/mol. The second kappa shape index (κ2) is 10.2. The molecule has 0 saturated carbocycles. The molecule has 186 valence electrons. The van der Waals surface area contributed by atoms with Crippen molar-refractivity contribution in [3.63, 3.8) is 0 Å². The Bertz CT molecular complexity index is 1190. The first-order valence-electron chi connectivity index (χ1n) is 9.53. The molecule has 34 heavy (non-hydrogen) atoms. The number of hydrogen-bond donors (Lipinski definition) is 5. The molecule has 0 heterocycles. The van der Waals surface area contributed by atoms with Gasteiger partial charge in [-0.2, -0.15) is 13.2 Å². The molecule has 0 aliphatic heterocycles. The van der Waals surface area contributed by atoms with E-state index in [-0.39, 0.29) is 25.0 Å². The van der Waals surface area contributed by atoms with E-state index < -0.39 is 54.7 Å². The van der Waals surface area contributed by atoms with E-state index in [2.05, 4.69) is 10.6 Å². The molecule has 0 radical (unpaired) electrons. The van der Waals surface area contributed by atoms with Crippen molar-refractivity contribution in [2.45, 2.75) is 35.4 Å². The third-order valence-electron chi connectivity index (χ3n) is 4.54. The number of nitrogens with one attached hydrogen (secondary N) is 3. The number of benzene rings is 2. The standard InChI is InChI=1S/C20H21ClF3N3O6S/c1-11(29)26-17-15(34(32,33)13-5-3-12(4-6-13)25-9-10-28)8-7-14(16(17)21)27-18(30)19(2,31)20(22,23)24/h3-8,25,28,31H,9-10H2,1-2H3,(H,26,29)(H,27,30). The molecule has 5 N–H and O–H groups in total. The number of aliphatic hydroxyl groups excluding tert-OH is 1. The summed E-state index contributed by atoms with van der Waals surface area (Å²) in [4.78, 5) is 23.0. The van der Waals surface area contributed by atoms with E-state index in [0.29, 0.717) is 5.69 Å². The molecule has 2 rings (SSSR count). The maximum absolute atomic E-state index is 13.2. The van der Waals surface area contributed by atoms with Crippen LogP contribution < -0.4 is 16.0 Å². The van der Waals surface area contributed by atoms with Gasteiger partial charge in [0.25, 0.3) is 5.91 Å². The van der Waals surface area contributed by atoms with Crippen LogP contribution in [0.25, 0.3) is 0 Å². The van der Waals surface area contributed by atoms with Gasteiger partial charge in [0.2, 0.25) is 21.3 Å². The average molecular weight is 524 g/mol. The summed E-state index contributed by atoms with van der Waals surface area (Å²) >= 11 is 6.15. The summed E-state index contributed by atoms with van der Waals surface area (Å²) in [6, 6.07) is 7.28. The zero-order valence-corrected chi connectivity index (χ0v) is 19.4. The van der Waals surface area contributed by atoms with Crippen LogP contribution in [0.5, 0.6) is 0 Å². The normalized spacial score (nSPS) is 13.6. The van der Waals surface area contributed by atoms with Crippen molar-refractivity contribution in [2.75, 3.05) is 29.1 Å². The maximum Gasteiger partial charge on any atom is 0.426 e. The SMILES string of the molecule is CC(=O)Nc1c(S(=O)(=O)c2ccc(NCCO)cc2)ccc(NC(=O)C(C)(O)C(F)(F)F)c1Cl. The van der Waals surface area contributed by atoms with Gasteiger partial charge in [-0.15, -0.1) is 0 Å². The fraction of sp³-hybridized carbons (Fsp3) is 0.300. The van der Waals surface area contributed by atoms with Gasteiger partial charge in [0.05, 0.1) is 32.8 Å². The van der Waals surface area contributed by atoms with Gasteiger partial charge in [-0.1, -0.05) is 11.6 Å². The van der Waals surface area contributed by atoms with E-state index in [1.54, 1.807) is 5.32 Å². The van der Waals surface area contributed by atoms with Crippen LogP contribution in [0, 0.1) is 0 Å². The minimum Gasteiger partial charge on any atom is -0.395 e. The van der Waals surface area contributed by atoms with Gasteiger partial charge in [-0.3, -0.25) is 9.59 Å². The quantitative estimate of drug-likeness (QED) is 0.358. The minimum atomic E-state index is -5.30. The van der Waals surface area contributed by atoms with Crippen molar-refractivity contribution in [3.8, 4) is 0 Å². The van der Waals surface area contributed by atoms with Crippen molar-refractivity contribution in [1.82, 2.24) is 0 Å². The summed E-state index contributed by atoms with van der Waals surface area (Å²) in [6.45, 7) is 1.39. The first-order chi connectivity index (χ1) is 15.6. The molecule has 9 nitrogen and oxygen atoms in total. The van der Waals surface area contributed by atoms with E-state index in [0.717, 1.165) is 19.1 Å². The molecule has 0 saturated heterocycles. The molecule has 2 aromatic rings. The molecule has 0 aromatic heterocycles. The van der Waals surface area contributed by atoms with Gasteiger partial charge >= 0.3 is 6.18 Å². The largest absolute Gasteiger partial charge is 0.426 e. The molecule has 1 unspecified atom stereocenters. The smallest absolute Gasteiger partial charge is 0.395 e. The number of hydrogen-bond acceptors (Lipinski definition) is 7. The van der Waals surface area contributed by atoms with E-state index in [4.69, 9.17) is 16.7 Å². The molecule has 0 aliphatic rings. The van der Waals surface area contributed by atoms with E-state index in [1.807, 2.05) is 0 Å². The Morgan fingerprint density at radius 2 is 1.65 bits per heavy atom. The third kappa shape index (κ3) is 5.78. The highest BCUT2D eigenvalue weighted by atomic mass is 35.5. The van der Waals surface area contributed by atoms with Crippen molar-refractivity contribution in [1.29, 1.82) is 0 Å². The molecule has 14 heteroatoms. The van der Waals surface area contributed by atoms with Crippen LogP contribution in [0.4, 0.5) is 30.2 Å². The first kappa shape index (κ1) is 27.4. The Labute approximate surface area is 197 Å². The van der Waals surface area contributed by atoms with Gasteiger partial charge in [0, 0.05) is 19.2 Å². The lowest BCUT2D eigenvalue weighted by molar-refractivity contribution is -0.242. The zero-order valence-electron chi connectivity index (χ0n) is 17.8. The lowest BCUT2D eigenvalue weighted by Crippen LogP contribution is -2.52. The van der Waals surface area contributed by atoms with Crippen LogP contribution >= 0.6 is 11.6 Å². The van der Waals surface area contributed by atoms with Crippen LogP contribution in [-0.4, -0.2) is 55.4 Å². The summed E-state index contributed by atoms with van der Waals surface area (Å²) < 4.78 is 65.2. The van der Waals surface area contributed by atoms with Gasteiger partial charge in [-0.05, 0) is 43.3 Å². The zero-order chi connectivity index (χ0) is 25.9. The number of halogens is 4. The molecule has 2 amide bonds. The molecule has 0 aliphatic carbocycles. The highest BCUT2D eigenvalue weighted by Crippen LogP contribution is 2.39. The van der Waals surface area contributed by atoms with Crippen LogP contribution in [0.2, 0.25) is 5.02 Å². The highest BCUT2D eigenvalue weighted by Gasteiger charge is 2.55. The predicted molar refractivity (Wildman–Crippen MR) is 119 cm³/mol. The lowest BCUT2D eigenvalue weighted by atomic mass is 10.1. The molecule has 0 fully saturated rings. The molecular formula is C20H21ClF3N3O6S. The third-order valence-corrected chi connectivity index (χ3v) is 6.75. The van der Waals surface area contributed by atoms with Crippen molar-refractivity contribution < 1.29 is 41.4 Å². The van der Waals surface area contributed by atoms with Crippen molar-refractivity contribution >= 4 is 50.3 Å². The number of aliphatic hydroxyl groups is 2. The number of amides is 2. The van der Waals surface area contributed by atoms with Crippen LogP contribution in [-0.2, 0) is 19.4 Å². The summed E-state index contributed by atoms with van der Waals surface area (Å²) in [6.07, 6.45) is -5.30. The molecule has 1 atom stereocenters. The Morgan fingerprint density at radius 1 is 1.06 bits per heavy atom. The number of anilines is 3. The first-order valence-corrected chi connectivity index (χ1v) is 11.4. The maximum atomic E-state index is 13.2. The number of carbonyl (C=O) groups is 2. The van der Waals surface area contributed by atoms with E-state index in [1.165, 1.54) is 24.3 Å². The fourth-order valence-corrected chi connectivity index (χ4v) is 4.36. The number of carbonyl (C=O) groups excluding carboxylic acids is 2. The van der Waals surface area contributed by atoms with Crippen LogP contribution in [0.3, 0.4) is 0 Å². The van der Waals surface area contributed by atoms with Gasteiger partial charge in [0.15, 0.2) is 0 Å². The summed E-state index contributed by atoms with van der Waals surface area (Å²) in [5.41, 5.74) is -4.17. The van der Waals surface area contributed by atoms with E-state index in [9.17, 15) is 36.3 Å². The Hall–Kier alpha value is -2.87. The van der Waals surface area contributed by atoms with Crippen LogP contribution in [0.1, 0.15) is 13.8 Å². The van der Waals surface area contributed by atoms with Gasteiger partial charge in [-0.25, -0.2) is 8.42 Å². The minimum absolute atomic E-state index is 0.139. The fourth-order valence-electron chi connectivity index (χ4n) is 2.62. The van der Waals surface area contributed by atoms with Crippen molar-refractivity contribution in [2.24, 2.45) is 0 Å². The Balaban J connectivity index is 2.52. The lowest BCUT2D eigenvalue weighted by Gasteiger charge is -2.25. The van der Waals surface area contributed by atoms with E-state index >= 15 is 0 Å². The summed E-state index contributed by atoms with van der Waals surface area (Å²) in [5, 5.41) is 24.7. The molecule has 0 bridgehead atoms. The summed E-state index contributed by atoms with van der Waals surface area (Å²) in [7, 11) is -4.29. The Morgan fingerprint density at radius 3 is 2.15 bits per heavy atom. The number of sulfone groups is 1. The molecular weight excluding hydrogens is 503 g/mol. The van der Waals surface area contributed by atoms with Crippen molar-refractivity contribution in [3.05, 3.63) is 41.4 Å². The predicted octanol–water partition coefficient (Wildman–Crippen LogP) is 2.79. The van der Waals surface area contributed by atoms with Gasteiger partial charge < -0.3 is 26.2 Å². The number of alkyl halides is 3. The number of rotatable bonds is 8. The van der Waals surface area contributed by atoms with Crippen LogP contribution in [0.15, 0.2) is 46.2 Å². The highest BCUT2D eigenvalue weighted by molar-refractivity contribution is 7.91. The average Bonchev–Trinajstić information content (AvgIpc) is 2.74. The second-order valence-corrected chi connectivity index (χ2v) is 9.48. The Kier molecular flexibility index (Phi) is 8.19. The summed E-state index contributed by atoms with van der Waals surface area (Å²) in [5.74, 6) is -2.61. The topological polar surface area (TPSA) is 145 Å².